The zero-order valence-electron chi connectivity index (χ0n) is 26.9. The summed E-state index contributed by atoms with van der Waals surface area (Å²) in [7, 11) is 1.62. The van der Waals surface area contributed by atoms with Gasteiger partial charge in [0, 0.05) is 42.5 Å². The van der Waals surface area contributed by atoms with Crippen molar-refractivity contribution in [2.45, 2.75) is 71.0 Å². The number of ether oxygens (including phenoxy) is 1. The third kappa shape index (κ3) is 6.34. The number of hydrogen-bond donors (Lipinski definition) is 2. The van der Waals surface area contributed by atoms with Crippen molar-refractivity contribution in [3.63, 3.8) is 0 Å². The smallest absolute Gasteiger partial charge is 0.330 e. The molecule has 246 valence electrons. The van der Waals surface area contributed by atoms with Gasteiger partial charge in [0.1, 0.15) is 17.6 Å². The number of benzene rings is 2. The molecule has 1 amide bonds. The van der Waals surface area contributed by atoms with Crippen LogP contribution in [0.5, 0.6) is 5.75 Å². The van der Waals surface area contributed by atoms with Crippen molar-refractivity contribution in [2.24, 2.45) is 5.92 Å². The molecule has 0 atom stereocenters. The second-order valence-electron chi connectivity index (χ2n) is 12.8. The molecule has 3 heterocycles. The molecular weight excluding hydrogens is 608 g/mol. The number of imidazole rings is 1. The average molecular weight is 646 g/mol. The van der Waals surface area contributed by atoms with Crippen LogP contribution in [0.15, 0.2) is 70.2 Å². The van der Waals surface area contributed by atoms with Crippen molar-refractivity contribution in [1.29, 1.82) is 0 Å². The van der Waals surface area contributed by atoms with Gasteiger partial charge in [-0.25, -0.2) is 23.5 Å². The fraction of sp³-hybridized carbons (Fsp3) is 0.382. The number of anilines is 2. The zero-order chi connectivity index (χ0) is 33.5. The van der Waals surface area contributed by atoms with Crippen molar-refractivity contribution in [2.75, 3.05) is 17.7 Å². The molecule has 0 unspecified atom stereocenters. The number of amides is 1. The van der Waals surface area contributed by atoms with Crippen LogP contribution in [0.1, 0.15) is 73.8 Å². The van der Waals surface area contributed by atoms with Crippen LogP contribution in [0.4, 0.5) is 20.5 Å². The maximum Gasteiger partial charge on any atom is 0.330 e. The molecule has 6 rings (SSSR count). The summed E-state index contributed by atoms with van der Waals surface area (Å²) >= 11 is 0. The van der Waals surface area contributed by atoms with Crippen molar-refractivity contribution in [3.8, 4) is 5.75 Å². The van der Waals surface area contributed by atoms with Gasteiger partial charge in [0.05, 0.1) is 19.3 Å². The lowest BCUT2D eigenvalue weighted by molar-refractivity contribution is -0.128. The van der Waals surface area contributed by atoms with E-state index in [-0.39, 0.29) is 42.9 Å². The van der Waals surface area contributed by atoms with Crippen LogP contribution in [0, 0.1) is 5.92 Å². The number of fused-ring (bicyclic) bond motifs is 1. The van der Waals surface area contributed by atoms with Gasteiger partial charge in [0.15, 0.2) is 11.5 Å². The lowest BCUT2D eigenvalue weighted by Crippen LogP contribution is -2.45. The van der Waals surface area contributed by atoms with Gasteiger partial charge < -0.3 is 14.6 Å². The average Bonchev–Trinajstić information content (AvgIpc) is 3.62. The number of methoxy groups -OCH3 is 1. The lowest BCUT2D eigenvalue weighted by atomic mass is 9.64. The minimum atomic E-state index is -2.64. The highest BCUT2D eigenvalue weighted by atomic mass is 19.3. The molecule has 2 N–H and O–H groups in total. The number of carbonyl (C=O) groups excluding carboxylic acids is 1. The molecular formula is C34H37F2N7O4. The Morgan fingerprint density at radius 1 is 1.09 bits per heavy atom. The minimum Gasteiger partial charge on any atom is -0.497 e. The second kappa shape index (κ2) is 12.3. The van der Waals surface area contributed by atoms with Crippen molar-refractivity contribution < 1.29 is 22.8 Å². The number of nitrogens with one attached hydrogen (secondary N) is 2. The van der Waals surface area contributed by atoms with E-state index >= 15 is 0 Å². The number of hydrogen-bond acceptors (Lipinski definition) is 8. The number of carbonyl (C=O) groups is 1. The number of nitrogens with zero attached hydrogens (tertiary/aromatic N) is 5. The molecule has 0 aliphatic heterocycles. The van der Waals surface area contributed by atoms with Crippen LogP contribution in [0.2, 0.25) is 0 Å². The Morgan fingerprint density at radius 2 is 1.77 bits per heavy atom. The summed E-state index contributed by atoms with van der Waals surface area (Å²) in [6, 6.07) is 16.0. The molecule has 2 aromatic carbocycles. The summed E-state index contributed by atoms with van der Waals surface area (Å²) in [6.07, 6.45) is 1.05. The molecule has 0 saturated heterocycles. The van der Waals surface area contributed by atoms with Gasteiger partial charge in [-0.15, -0.1) is 0 Å². The molecule has 5 aromatic rings. The summed E-state index contributed by atoms with van der Waals surface area (Å²) in [5.74, 6) is -1.86. The van der Waals surface area contributed by atoms with Crippen molar-refractivity contribution >= 4 is 28.8 Å². The van der Waals surface area contributed by atoms with Gasteiger partial charge in [-0.3, -0.25) is 19.2 Å². The van der Waals surface area contributed by atoms with Gasteiger partial charge in [-0.1, -0.05) is 43.3 Å². The molecule has 1 aliphatic rings. The molecule has 11 nitrogen and oxygen atoms in total. The predicted molar refractivity (Wildman–Crippen MR) is 173 cm³/mol. The van der Waals surface area contributed by atoms with E-state index in [4.69, 9.17) is 9.26 Å². The highest BCUT2D eigenvalue weighted by Crippen LogP contribution is 2.51. The van der Waals surface area contributed by atoms with Crippen LogP contribution < -0.4 is 21.1 Å². The molecule has 0 spiro atoms. The Hall–Kier alpha value is -5.07. The Bertz CT molecular complexity index is 1950. The molecule has 1 aliphatic carbocycles. The predicted octanol–water partition coefficient (Wildman–Crippen LogP) is 6.41. The van der Waals surface area contributed by atoms with E-state index in [1.54, 1.807) is 46.6 Å². The fourth-order valence-electron chi connectivity index (χ4n) is 5.93. The summed E-state index contributed by atoms with van der Waals surface area (Å²) in [4.78, 5) is 35.6. The Labute approximate surface area is 270 Å². The van der Waals surface area contributed by atoms with Crippen LogP contribution in [0.3, 0.4) is 0 Å². The number of rotatable bonds is 11. The van der Waals surface area contributed by atoms with E-state index in [9.17, 15) is 18.4 Å². The Morgan fingerprint density at radius 3 is 2.40 bits per heavy atom. The maximum absolute atomic E-state index is 13.7. The van der Waals surface area contributed by atoms with Crippen LogP contribution in [-0.4, -0.2) is 43.2 Å². The third-order valence-electron chi connectivity index (χ3n) is 8.95. The minimum absolute atomic E-state index is 0.135. The highest BCUT2D eigenvalue weighted by Gasteiger charge is 2.52. The van der Waals surface area contributed by atoms with E-state index in [1.807, 2.05) is 52.0 Å². The van der Waals surface area contributed by atoms with E-state index in [2.05, 4.69) is 25.8 Å². The fourth-order valence-corrected chi connectivity index (χ4v) is 5.93. The van der Waals surface area contributed by atoms with Gasteiger partial charge in [-0.2, -0.15) is 0 Å². The van der Waals surface area contributed by atoms with Crippen LogP contribution >= 0.6 is 0 Å². The molecule has 1 saturated carbocycles. The SMILES string of the molecule is COc1ccc(CNc2ncnc3c2n(Cc2ccc(C(=O)Nc4cc(C(C)(C)C5CC(F)(F)C5)no4)cc2)c(=O)n3C(C)C)cc1. The van der Waals surface area contributed by atoms with E-state index in [0.29, 0.717) is 34.8 Å². The number of halogens is 2. The zero-order valence-corrected chi connectivity index (χ0v) is 26.9. The molecule has 13 heteroatoms. The third-order valence-corrected chi connectivity index (χ3v) is 8.95. The molecule has 3 aromatic heterocycles. The van der Waals surface area contributed by atoms with Gasteiger partial charge in [-0.05, 0) is 55.2 Å². The summed E-state index contributed by atoms with van der Waals surface area (Å²) in [5, 5.41) is 10.1. The van der Waals surface area contributed by atoms with Crippen molar-refractivity contribution in [3.05, 3.63) is 93.8 Å². The van der Waals surface area contributed by atoms with Gasteiger partial charge in [0.25, 0.3) is 5.91 Å². The first-order valence-electron chi connectivity index (χ1n) is 15.4. The van der Waals surface area contributed by atoms with E-state index < -0.39 is 17.2 Å². The van der Waals surface area contributed by atoms with E-state index in [1.165, 1.54) is 6.33 Å². The quantitative estimate of drug-likeness (QED) is 0.169. The first kappa shape index (κ1) is 31.9. The van der Waals surface area contributed by atoms with Gasteiger partial charge >= 0.3 is 5.69 Å². The summed E-state index contributed by atoms with van der Waals surface area (Å²) < 4.78 is 40.8. The summed E-state index contributed by atoms with van der Waals surface area (Å²) in [6.45, 7) is 8.25. The maximum atomic E-state index is 13.7. The van der Waals surface area contributed by atoms with Crippen molar-refractivity contribution in [1.82, 2.24) is 24.3 Å². The standard InChI is InChI=1S/C34H37F2N7O4/c1-20(2)43-30-28(29(38-19-39-30)37-17-21-8-12-25(46-5)13-9-21)42(32(43)45)18-22-6-10-23(11-7-22)31(44)40-27-14-26(41-47-27)33(3,4)24-15-34(35,36)16-24/h6-14,19-20,24H,15-18H2,1-5H3,(H,40,44)(H,37,38,39). The highest BCUT2D eigenvalue weighted by molar-refractivity contribution is 6.03. The number of aromatic nitrogens is 5. The number of alkyl halides is 2. The Kier molecular flexibility index (Phi) is 8.33. The molecule has 0 bridgehead atoms. The van der Waals surface area contributed by atoms with Gasteiger partial charge in [0.2, 0.25) is 11.8 Å². The largest absolute Gasteiger partial charge is 0.497 e. The first-order valence-corrected chi connectivity index (χ1v) is 15.4. The van der Waals surface area contributed by atoms with Crippen LogP contribution in [-0.2, 0) is 18.5 Å². The lowest BCUT2D eigenvalue weighted by Gasteiger charge is -2.44. The van der Waals surface area contributed by atoms with E-state index in [0.717, 1.165) is 16.9 Å². The monoisotopic (exact) mass is 645 g/mol. The molecule has 0 radical (unpaired) electrons. The topological polar surface area (TPSA) is 129 Å². The molecule has 47 heavy (non-hydrogen) atoms. The Balaban J connectivity index is 1.19. The first-order chi connectivity index (χ1) is 22.4. The second-order valence-corrected chi connectivity index (χ2v) is 12.8. The normalized spacial score (nSPS) is 14.7. The van der Waals surface area contributed by atoms with Crippen LogP contribution in [0.25, 0.3) is 11.2 Å². The summed E-state index contributed by atoms with van der Waals surface area (Å²) in [5.41, 5.74) is 2.94. The molecule has 1 fully saturated rings.